The molecule has 1 aliphatic rings. The van der Waals surface area contributed by atoms with Crippen molar-refractivity contribution in [2.24, 2.45) is 0 Å². The molecule has 1 nitrogen and oxygen atoms in total. The summed E-state index contributed by atoms with van der Waals surface area (Å²) in [7, 11) is 0. The van der Waals surface area contributed by atoms with Gasteiger partial charge in [-0.25, -0.2) is 0 Å². The number of para-hydroxylation sites is 1. The molecule has 1 aliphatic carbocycles. The van der Waals surface area contributed by atoms with Crippen molar-refractivity contribution in [3.8, 4) is 11.1 Å². The first-order chi connectivity index (χ1) is 21.1. The molecule has 0 saturated heterocycles. The third kappa shape index (κ3) is 3.57. The van der Waals surface area contributed by atoms with Gasteiger partial charge in [0.1, 0.15) is 0 Å². The number of anilines is 3. The molecule has 0 atom stereocenters. The Labute approximate surface area is 255 Å². The Hall–Kier alpha value is -4.92. The molecule has 0 radical (unpaired) electrons. The molecule has 9 rings (SSSR count). The topological polar surface area (TPSA) is 3.24 Å². The summed E-state index contributed by atoms with van der Waals surface area (Å²) in [5.74, 6) is 0. The van der Waals surface area contributed by atoms with Gasteiger partial charge in [0.2, 0.25) is 0 Å². The lowest BCUT2D eigenvalue weighted by Gasteiger charge is -2.29. The molecule has 0 unspecified atom stereocenters. The van der Waals surface area contributed by atoms with Gasteiger partial charge < -0.3 is 4.90 Å². The van der Waals surface area contributed by atoms with Crippen molar-refractivity contribution in [1.29, 1.82) is 0 Å². The maximum Gasteiger partial charge on any atom is 0.0554 e. The Morgan fingerprint density at radius 2 is 1.16 bits per heavy atom. The number of hydrogen-bond acceptors (Lipinski definition) is 2. The average molecular weight is 568 g/mol. The highest BCUT2D eigenvalue weighted by molar-refractivity contribution is 7.26. The van der Waals surface area contributed by atoms with Crippen LogP contribution in [0, 0.1) is 0 Å². The van der Waals surface area contributed by atoms with Crippen LogP contribution in [-0.4, -0.2) is 0 Å². The predicted molar refractivity (Wildman–Crippen MR) is 187 cm³/mol. The van der Waals surface area contributed by atoms with E-state index in [9.17, 15) is 0 Å². The van der Waals surface area contributed by atoms with Crippen molar-refractivity contribution in [1.82, 2.24) is 0 Å². The van der Waals surface area contributed by atoms with Crippen molar-refractivity contribution < 1.29 is 0 Å². The Balaban J connectivity index is 1.33. The van der Waals surface area contributed by atoms with Crippen LogP contribution >= 0.6 is 11.3 Å². The Kier molecular flexibility index (Phi) is 5.18. The summed E-state index contributed by atoms with van der Waals surface area (Å²) in [6, 6.07) is 51.6. The second kappa shape index (κ2) is 9.04. The molecule has 0 amide bonds. The zero-order valence-electron chi connectivity index (χ0n) is 24.1. The fourth-order valence-corrected chi connectivity index (χ4v) is 8.51. The van der Waals surface area contributed by atoms with Gasteiger partial charge in [0.25, 0.3) is 0 Å². The molecule has 8 aromatic rings. The van der Waals surface area contributed by atoms with E-state index in [4.69, 9.17) is 0 Å². The molecule has 0 spiro atoms. The molecule has 1 aromatic heterocycles. The van der Waals surface area contributed by atoms with Crippen LogP contribution in [-0.2, 0) is 5.41 Å². The molecule has 0 saturated carbocycles. The smallest absolute Gasteiger partial charge is 0.0554 e. The summed E-state index contributed by atoms with van der Waals surface area (Å²) in [6.45, 7) is 4.72. The van der Waals surface area contributed by atoms with Crippen molar-refractivity contribution in [3.63, 3.8) is 0 Å². The van der Waals surface area contributed by atoms with Crippen molar-refractivity contribution in [2.75, 3.05) is 4.90 Å². The molecule has 0 bridgehead atoms. The van der Waals surface area contributed by atoms with Crippen LogP contribution in [0.1, 0.15) is 25.0 Å². The average Bonchev–Trinajstić information content (AvgIpc) is 3.52. The van der Waals surface area contributed by atoms with Gasteiger partial charge in [0, 0.05) is 42.3 Å². The zero-order valence-corrected chi connectivity index (χ0v) is 25.0. The minimum Gasteiger partial charge on any atom is -0.310 e. The highest BCUT2D eigenvalue weighted by Crippen LogP contribution is 2.52. The van der Waals surface area contributed by atoms with E-state index in [-0.39, 0.29) is 5.41 Å². The Morgan fingerprint density at radius 1 is 0.488 bits per heavy atom. The molecular weight excluding hydrogens is 539 g/mol. The minimum absolute atomic E-state index is 0.0657. The summed E-state index contributed by atoms with van der Waals surface area (Å²) in [5, 5.41) is 7.82. The number of fused-ring (bicyclic) bond motifs is 9. The van der Waals surface area contributed by atoms with Gasteiger partial charge >= 0.3 is 0 Å². The lowest BCUT2D eigenvalue weighted by Crippen LogP contribution is -2.16. The second-order valence-corrected chi connectivity index (χ2v) is 13.3. The van der Waals surface area contributed by atoms with E-state index in [0.717, 1.165) is 5.69 Å². The van der Waals surface area contributed by atoms with Gasteiger partial charge in [-0.1, -0.05) is 111 Å². The van der Waals surface area contributed by atoms with E-state index < -0.39 is 0 Å². The quantitative estimate of drug-likeness (QED) is 0.205. The van der Waals surface area contributed by atoms with E-state index in [1.807, 2.05) is 11.3 Å². The second-order valence-electron chi connectivity index (χ2n) is 12.2. The van der Waals surface area contributed by atoms with Gasteiger partial charge in [-0.3, -0.25) is 0 Å². The van der Waals surface area contributed by atoms with Crippen LogP contribution in [0.25, 0.3) is 52.8 Å². The molecule has 7 aromatic carbocycles. The fourth-order valence-electron chi connectivity index (χ4n) is 7.33. The van der Waals surface area contributed by atoms with Crippen molar-refractivity contribution in [2.45, 2.75) is 19.3 Å². The standard InChI is InChI=1S/C41H29NS/c1-41(2)35-19-11-10-16-30(35)31-21-20-29(24-36(31)41)42(28-14-4-3-5-15-28)37-25-39-40(33-18-9-8-17-32(33)37)34-22-26-12-6-7-13-27(26)23-38(34)43-39/h3-25H,1-2H3. The molecule has 0 aliphatic heterocycles. The number of nitrogens with zero attached hydrogens (tertiary/aromatic N) is 1. The lowest BCUT2D eigenvalue weighted by molar-refractivity contribution is 0.660. The fraction of sp³-hybridized carbons (Fsp3) is 0.0732. The van der Waals surface area contributed by atoms with Crippen LogP contribution in [0.3, 0.4) is 0 Å². The molecule has 43 heavy (non-hydrogen) atoms. The first kappa shape index (κ1) is 24.7. The molecular formula is C41H29NS. The lowest BCUT2D eigenvalue weighted by atomic mass is 9.82. The first-order valence-corrected chi connectivity index (χ1v) is 15.8. The number of thiophene rings is 1. The largest absolute Gasteiger partial charge is 0.310 e. The van der Waals surface area contributed by atoms with Gasteiger partial charge in [-0.15, -0.1) is 11.3 Å². The number of hydrogen-bond donors (Lipinski definition) is 0. The van der Waals surface area contributed by atoms with Gasteiger partial charge in [-0.2, -0.15) is 0 Å². The highest BCUT2D eigenvalue weighted by atomic mass is 32.1. The minimum atomic E-state index is -0.0657. The van der Waals surface area contributed by atoms with Crippen LogP contribution in [0.2, 0.25) is 0 Å². The maximum absolute atomic E-state index is 2.46. The van der Waals surface area contributed by atoms with Crippen molar-refractivity contribution >= 4 is 70.1 Å². The highest BCUT2D eigenvalue weighted by Gasteiger charge is 2.35. The summed E-state index contributed by atoms with van der Waals surface area (Å²) in [6.07, 6.45) is 0. The summed E-state index contributed by atoms with van der Waals surface area (Å²) >= 11 is 1.90. The normalized spacial score (nSPS) is 13.5. The SMILES string of the molecule is CC1(C)c2ccccc2-c2ccc(N(c3ccccc3)c3cc4sc5cc6ccccc6cc5c4c4ccccc34)cc21. The summed E-state index contributed by atoms with van der Waals surface area (Å²) in [4.78, 5) is 2.46. The van der Waals surface area contributed by atoms with Gasteiger partial charge in [0.15, 0.2) is 0 Å². The van der Waals surface area contributed by atoms with Crippen molar-refractivity contribution in [3.05, 3.63) is 151 Å². The molecule has 204 valence electrons. The molecule has 0 fully saturated rings. The number of rotatable bonds is 3. The van der Waals surface area contributed by atoms with Gasteiger partial charge in [0.05, 0.1) is 5.69 Å². The van der Waals surface area contributed by atoms with Crippen LogP contribution in [0.4, 0.5) is 17.1 Å². The zero-order chi connectivity index (χ0) is 28.7. The molecule has 1 heterocycles. The van der Waals surface area contributed by atoms with E-state index in [0.29, 0.717) is 0 Å². The molecule has 2 heteroatoms. The summed E-state index contributed by atoms with van der Waals surface area (Å²) < 4.78 is 2.65. The van der Waals surface area contributed by atoms with E-state index in [1.165, 1.54) is 75.3 Å². The Bertz CT molecular complexity index is 2380. The van der Waals surface area contributed by atoms with E-state index in [2.05, 4.69) is 158 Å². The van der Waals surface area contributed by atoms with E-state index in [1.54, 1.807) is 0 Å². The third-order valence-electron chi connectivity index (χ3n) is 9.40. The van der Waals surface area contributed by atoms with Crippen LogP contribution < -0.4 is 4.90 Å². The molecule has 0 N–H and O–H groups in total. The first-order valence-electron chi connectivity index (χ1n) is 14.9. The predicted octanol–water partition coefficient (Wildman–Crippen LogP) is 12.1. The summed E-state index contributed by atoms with van der Waals surface area (Å²) in [5.41, 5.74) is 8.96. The van der Waals surface area contributed by atoms with Gasteiger partial charge in [-0.05, 0) is 80.9 Å². The third-order valence-corrected chi connectivity index (χ3v) is 10.5. The number of benzene rings is 7. The van der Waals surface area contributed by atoms with Crippen LogP contribution in [0.5, 0.6) is 0 Å². The maximum atomic E-state index is 2.46. The monoisotopic (exact) mass is 567 g/mol. The van der Waals surface area contributed by atoms with E-state index >= 15 is 0 Å². The van der Waals surface area contributed by atoms with Crippen LogP contribution in [0.15, 0.2) is 140 Å². The Morgan fingerprint density at radius 3 is 2.00 bits per heavy atom.